The molecule has 0 bridgehead atoms. The standard InChI is InChI=1S/C35H42ClN7O5/c1-23-6-5-7-24(2)32(23)48-19-18-42-21-30(44)40-20-26-8-3-4-9-28(26)33(46)41-29(14-16-39-35(37)38)34(47)43(22-31(42)45)17-15-25-10-12-27(36)13-11-25/h3-13,29H,14-22H2,1-2H3,(H,40,44)(H,41,46)(H4,37,38,39)/t29-/m1/s1. The molecule has 0 aromatic heterocycles. The zero-order chi connectivity index (χ0) is 34.6. The van der Waals surface area contributed by atoms with Crippen LogP contribution in [-0.4, -0.2) is 84.8 Å². The fourth-order valence-electron chi connectivity index (χ4n) is 5.38. The van der Waals surface area contributed by atoms with Crippen LogP contribution in [0.1, 0.15) is 39.0 Å². The number of carbonyl (C=O) groups is 4. The number of nitrogens with zero attached hydrogens (tertiary/aromatic N) is 3. The number of nitrogens with one attached hydrogen (secondary N) is 2. The summed E-state index contributed by atoms with van der Waals surface area (Å²) >= 11 is 6.07. The highest BCUT2D eigenvalue weighted by Gasteiger charge is 2.30. The highest BCUT2D eigenvalue weighted by Crippen LogP contribution is 2.22. The molecule has 3 aromatic carbocycles. The summed E-state index contributed by atoms with van der Waals surface area (Å²) in [5, 5.41) is 6.23. The number of aryl methyl sites for hydroxylation is 2. The molecule has 0 saturated carbocycles. The van der Waals surface area contributed by atoms with Crippen LogP contribution in [0.5, 0.6) is 5.75 Å². The lowest BCUT2D eigenvalue weighted by atomic mass is 10.0. The van der Waals surface area contributed by atoms with Gasteiger partial charge in [-0.2, -0.15) is 0 Å². The summed E-state index contributed by atoms with van der Waals surface area (Å²) < 4.78 is 6.07. The molecule has 12 nitrogen and oxygen atoms in total. The number of halogens is 1. The first-order valence-electron chi connectivity index (χ1n) is 15.7. The second-order valence-electron chi connectivity index (χ2n) is 11.6. The second kappa shape index (κ2) is 17.2. The number of hydrogen-bond donors (Lipinski definition) is 4. The van der Waals surface area contributed by atoms with Gasteiger partial charge in [0.15, 0.2) is 5.96 Å². The number of benzene rings is 3. The van der Waals surface area contributed by atoms with Gasteiger partial charge in [-0.3, -0.25) is 24.2 Å². The number of ether oxygens (including phenoxy) is 1. The largest absolute Gasteiger partial charge is 0.491 e. The van der Waals surface area contributed by atoms with Gasteiger partial charge in [-0.15, -0.1) is 0 Å². The predicted molar refractivity (Wildman–Crippen MR) is 185 cm³/mol. The van der Waals surface area contributed by atoms with Crippen molar-refractivity contribution in [3.63, 3.8) is 0 Å². The Labute approximate surface area is 285 Å². The van der Waals surface area contributed by atoms with E-state index in [1.807, 2.05) is 44.2 Å². The van der Waals surface area contributed by atoms with Crippen LogP contribution in [0, 0.1) is 13.8 Å². The smallest absolute Gasteiger partial charge is 0.252 e. The number of guanidine groups is 1. The highest BCUT2D eigenvalue weighted by atomic mass is 35.5. The van der Waals surface area contributed by atoms with E-state index in [2.05, 4.69) is 15.6 Å². The number of hydrogen-bond acceptors (Lipinski definition) is 6. The summed E-state index contributed by atoms with van der Waals surface area (Å²) in [6.07, 6.45) is 0.490. The SMILES string of the molecule is Cc1cccc(C)c1OCCN1CC(=O)NCc2ccccc2C(=O)N[C@H](CCN=C(N)N)C(=O)N(CCc2ccc(Cl)cc2)CC1=O. The van der Waals surface area contributed by atoms with Gasteiger partial charge in [-0.05, 0) is 67.1 Å². The fraction of sp³-hybridized carbons (Fsp3) is 0.343. The van der Waals surface area contributed by atoms with Crippen LogP contribution >= 0.6 is 11.6 Å². The van der Waals surface area contributed by atoms with Gasteiger partial charge in [0.2, 0.25) is 17.7 Å². The molecule has 0 aliphatic carbocycles. The van der Waals surface area contributed by atoms with Crippen molar-refractivity contribution in [2.75, 3.05) is 39.3 Å². The average Bonchev–Trinajstić information content (AvgIpc) is 3.05. The summed E-state index contributed by atoms with van der Waals surface area (Å²) in [7, 11) is 0. The molecule has 1 aliphatic heterocycles. The molecule has 0 saturated heterocycles. The topological polar surface area (TPSA) is 172 Å². The molecule has 48 heavy (non-hydrogen) atoms. The number of carbonyl (C=O) groups excluding carboxylic acids is 4. The van der Waals surface area contributed by atoms with Crippen molar-refractivity contribution in [3.05, 3.63) is 99.6 Å². The number of nitrogens with two attached hydrogens (primary N) is 2. The van der Waals surface area contributed by atoms with E-state index in [9.17, 15) is 19.2 Å². The van der Waals surface area contributed by atoms with Crippen LogP contribution in [0.3, 0.4) is 0 Å². The van der Waals surface area contributed by atoms with E-state index in [1.54, 1.807) is 36.4 Å². The third-order valence-electron chi connectivity index (χ3n) is 7.98. The number of fused-ring (bicyclic) bond motifs is 1. The summed E-state index contributed by atoms with van der Waals surface area (Å²) in [4.78, 5) is 61.7. The van der Waals surface area contributed by atoms with Crippen LogP contribution in [0.4, 0.5) is 0 Å². The third-order valence-corrected chi connectivity index (χ3v) is 8.23. The first-order valence-corrected chi connectivity index (χ1v) is 16.1. The molecular weight excluding hydrogens is 634 g/mol. The van der Waals surface area contributed by atoms with Gasteiger partial charge in [0.1, 0.15) is 18.4 Å². The third kappa shape index (κ3) is 10.2. The maximum Gasteiger partial charge on any atom is 0.252 e. The Morgan fingerprint density at radius 1 is 0.917 bits per heavy atom. The predicted octanol–water partition coefficient (Wildman–Crippen LogP) is 2.33. The van der Waals surface area contributed by atoms with E-state index >= 15 is 0 Å². The van der Waals surface area contributed by atoms with Gasteiger partial charge in [0.25, 0.3) is 5.91 Å². The van der Waals surface area contributed by atoms with E-state index < -0.39 is 29.7 Å². The molecule has 1 aliphatic rings. The van der Waals surface area contributed by atoms with Crippen molar-refractivity contribution in [1.82, 2.24) is 20.4 Å². The first-order chi connectivity index (χ1) is 23.0. The van der Waals surface area contributed by atoms with Crippen molar-refractivity contribution < 1.29 is 23.9 Å². The normalized spacial score (nSPS) is 16.0. The van der Waals surface area contributed by atoms with E-state index in [4.69, 9.17) is 27.8 Å². The molecular formula is C35H42ClN7O5. The van der Waals surface area contributed by atoms with Crippen molar-refractivity contribution in [3.8, 4) is 5.75 Å². The highest BCUT2D eigenvalue weighted by molar-refractivity contribution is 6.30. The minimum atomic E-state index is -1.05. The molecule has 3 aromatic rings. The van der Waals surface area contributed by atoms with Crippen LogP contribution in [0.2, 0.25) is 5.02 Å². The molecule has 6 N–H and O–H groups in total. The summed E-state index contributed by atoms with van der Waals surface area (Å²) in [5.41, 5.74) is 14.7. The molecule has 0 fully saturated rings. The van der Waals surface area contributed by atoms with Crippen LogP contribution in [0.25, 0.3) is 0 Å². The van der Waals surface area contributed by atoms with Gasteiger partial charge >= 0.3 is 0 Å². The molecule has 0 radical (unpaired) electrons. The van der Waals surface area contributed by atoms with Gasteiger partial charge < -0.3 is 36.6 Å². The Morgan fingerprint density at radius 2 is 1.62 bits per heavy atom. The van der Waals surface area contributed by atoms with E-state index in [0.29, 0.717) is 28.3 Å². The summed E-state index contributed by atoms with van der Waals surface area (Å²) in [5.74, 6) is -1.30. The Kier molecular flexibility index (Phi) is 12.8. The van der Waals surface area contributed by atoms with Crippen molar-refractivity contribution in [1.29, 1.82) is 0 Å². The summed E-state index contributed by atoms with van der Waals surface area (Å²) in [6, 6.07) is 18.7. The first kappa shape index (κ1) is 35.7. The van der Waals surface area contributed by atoms with Crippen LogP contribution < -0.4 is 26.8 Å². The fourth-order valence-corrected chi connectivity index (χ4v) is 5.50. The van der Waals surface area contributed by atoms with Gasteiger partial charge in [-0.1, -0.05) is 60.1 Å². The van der Waals surface area contributed by atoms with Crippen LogP contribution in [0.15, 0.2) is 71.7 Å². The quantitative estimate of drug-likeness (QED) is 0.189. The van der Waals surface area contributed by atoms with E-state index in [1.165, 1.54) is 9.80 Å². The lowest BCUT2D eigenvalue weighted by Gasteiger charge is -2.31. The second-order valence-corrected chi connectivity index (χ2v) is 12.0. The number of rotatable bonds is 10. The van der Waals surface area contributed by atoms with Gasteiger partial charge in [0, 0.05) is 30.2 Å². The average molecular weight is 676 g/mol. The molecule has 13 heteroatoms. The van der Waals surface area contributed by atoms with Gasteiger partial charge in [-0.25, -0.2) is 0 Å². The Bertz CT molecular complexity index is 1620. The molecule has 0 spiro atoms. The van der Waals surface area contributed by atoms with Crippen molar-refractivity contribution in [2.24, 2.45) is 16.5 Å². The van der Waals surface area contributed by atoms with E-state index in [0.717, 1.165) is 16.7 Å². The minimum absolute atomic E-state index is 0.0448. The molecule has 1 heterocycles. The Morgan fingerprint density at radius 3 is 2.33 bits per heavy atom. The number of para-hydroxylation sites is 1. The Hall–Kier alpha value is -5.10. The molecule has 254 valence electrons. The lowest BCUT2D eigenvalue weighted by Crippen LogP contribution is -2.54. The maximum atomic E-state index is 14.2. The van der Waals surface area contributed by atoms with E-state index in [-0.39, 0.29) is 58.3 Å². The summed E-state index contributed by atoms with van der Waals surface area (Å²) in [6.45, 7) is 3.76. The Balaban J connectivity index is 1.66. The zero-order valence-electron chi connectivity index (χ0n) is 27.2. The lowest BCUT2D eigenvalue weighted by molar-refractivity contribution is -0.143. The molecule has 4 rings (SSSR count). The van der Waals surface area contributed by atoms with Crippen molar-refractivity contribution in [2.45, 2.75) is 39.3 Å². The van der Waals surface area contributed by atoms with Gasteiger partial charge in [0.05, 0.1) is 19.6 Å². The van der Waals surface area contributed by atoms with Crippen molar-refractivity contribution >= 4 is 41.2 Å². The monoisotopic (exact) mass is 675 g/mol. The molecule has 1 atom stereocenters. The maximum absolute atomic E-state index is 14.2. The number of aliphatic imine (C=N–C) groups is 1. The molecule has 4 amide bonds. The molecule has 0 unspecified atom stereocenters. The zero-order valence-corrected chi connectivity index (χ0v) is 28.0. The number of amides is 4. The minimum Gasteiger partial charge on any atom is -0.491 e. The van der Waals surface area contributed by atoms with Crippen LogP contribution in [-0.2, 0) is 27.3 Å².